The zero-order chi connectivity index (χ0) is 31.0. The van der Waals surface area contributed by atoms with Crippen LogP contribution in [0, 0.1) is 0 Å². The normalized spacial score (nSPS) is 12.1. The van der Waals surface area contributed by atoms with Gasteiger partial charge >= 0.3 is 0 Å². The molecule has 4 aromatic heterocycles. The molecule has 0 aliphatic carbocycles. The van der Waals surface area contributed by atoms with Gasteiger partial charge in [-0.3, -0.25) is 0 Å². The lowest BCUT2D eigenvalue weighted by Gasteiger charge is -2.05. The molecule has 4 rings (SSSR count). The van der Waals surface area contributed by atoms with E-state index in [0.29, 0.717) is 0 Å². The molecule has 2 nitrogen and oxygen atoms in total. The molecule has 244 valence electrons. The van der Waals surface area contributed by atoms with Gasteiger partial charge in [-0.1, -0.05) is 129 Å². The summed E-state index contributed by atoms with van der Waals surface area (Å²) < 4.78 is 5.57. The molecule has 4 aromatic rings. The van der Waals surface area contributed by atoms with Crippen LogP contribution in [0.15, 0.2) is 12.1 Å². The lowest BCUT2D eigenvalue weighted by atomic mass is 10.0. The minimum absolute atomic E-state index is 0.945. The molecule has 0 saturated heterocycles. The van der Waals surface area contributed by atoms with Crippen LogP contribution in [0.1, 0.15) is 163 Å². The summed E-state index contributed by atoms with van der Waals surface area (Å²) in [6.45, 7) is 4.59. The first kappa shape index (κ1) is 35.5. The van der Waals surface area contributed by atoms with Crippen molar-refractivity contribution < 1.29 is 0 Å². The molecule has 0 aromatic carbocycles. The Morgan fingerprint density at radius 1 is 0.455 bits per heavy atom. The van der Waals surface area contributed by atoms with Crippen LogP contribution in [0.5, 0.6) is 0 Å². The molecule has 0 aliphatic rings. The second-order valence-corrected chi connectivity index (χ2v) is 17.1. The number of unbranched alkanes of at least 4 members (excludes halogenated alkanes) is 18. The fraction of sp³-hybridized carbons (Fsp3) is 0.632. The first-order valence-corrected chi connectivity index (χ1v) is 21.2. The van der Waals surface area contributed by atoms with E-state index in [1.54, 1.807) is 22.7 Å². The van der Waals surface area contributed by atoms with E-state index in [4.69, 9.17) is 11.5 Å². The Labute approximate surface area is 284 Å². The Kier molecular flexibility index (Phi) is 16.2. The summed E-state index contributed by atoms with van der Waals surface area (Å²) >= 11 is 7.42. The van der Waals surface area contributed by atoms with Gasteiger partial charge < -0.3 is 11.5 Å². The Hall–Kier alpha value is -1.34. The average Bonchev–Trinajstić information content (AvgIpc) is 3.73. The molecule has 0 fully saturated rings. The van der Waals surface area contributed by atoms with E-state index in [9.17, 15) is 0 Å². The second kappa shape index (κ2) is 20.0. The van der Waals surface area contributed by atoms with Crippen molar-refractivity contribution in [1.29, 1.82) is 0 Å². The van der Waals surface area contributed by atoms with Crippen LogP contribution in [-0.2, 0) is 12.8 Å². The molecule has 0 saturated carbocycles. The summed E-state index contributed by atoms with van der Waals surface area (Å²) in [6, 6.07) is 4.37. The van der Waals surface area contributed by atoms with E-state index < -0.39 is 0 Å². The number of hydrogen-bond acceptors (Lipinski definition) is 6. The highest BCUT2D eigenvalue weighted by molar-refractivity contribution is 7.31. The first-order valence-electron chi connectivity index (χ1n) is 17.9. The molecule has 0 bridgehead atoms. The summed E-state index contributed by atoms with van der Waals surface area (Å²) in [5.74, 6) is 0. The summed E-state index contributed by atoms with van der Waals surface area (Å²) in [5.41, 5.74) is 15.5. The molecule has 0 atom stereocenters. The number of rotatable bonds is 24. The van der Waals surface area contributed by atoms with Gasteiger partial charge in [-0.2, -0.15) is 0 Å². The van der Waals surface area contributed by atoms with Crippen LogP contribution in [0.4, 0.5) is 10.0 Å². The number of anilines is 2. The number of thiophene rings is 4. The van der Waals surface area contributed by atoms with Crippen LogP contribution < -0.4 is 11.5 Å². The second-order valence-electron chi connectivity index (χ2n) is 12.8. The predicted molar refractivity (Wildman–Crippen MR) is 208 cm³/mol. The van der Waals surface area contributed by atoms with Gasteiger partial charge in [-0.25, -0.2) is 0 Å². The highest BCUT2D eigenvalue weighted by atomic mass is 32.1. The molecule has 6 heteroatoms. The Morgan fingerprint density at radius 2 is 0.773 bits per heavy atom. The van der Waals surface area contributed by atoms with Gasteiger partial charge in [-0.05, 0) is 61.1 Å². The van der Waals surface area contributed by atoms with Gasteiger partial charge in [0, 0.05) is 19.2 Å². The number of nitrogens with two attached hydrogens (primary N) is 2. The monoisotopic (exact) mass is 670 g/mol. The van der Waals surface area contributed by atoms with Crippen molar-refractivity contribution in [3.63, 3.8) is 0 Å². The summed E-state index contributed by atoms with van der Waals surface area (Å²) in [7, 11) is 0. The maximum absolute atomic E-state index is 6.24. The van der Waals surface area contributed by atoms with Crippen LogP contribution >= 0.6 is 45.3 Å². The molecular formula is C38H58N2S4. The number of nitrogen functional groups attached to an aromatic ring is 2. The van der Waals surface area contributed by atoms with E-state index in [0.717, 1.165) is 22.8 Å². The van der Waals surface area contributed by atoms with E-state index >= 15 is 0 Å². The highest BCUT2D eigenvalue weighted by Crippen LogP contribution is 2.43. The van der Waals surface area contributed by atoms with E-state index in [2.05, 4.69) is 38.1 Å². The number of hydrogen-bond donors (Lipinski definition) is 2. The van der Waals surface area contributed by atoms with Gasteiger partial charge in [0.2, 0.25) is 0 Å². The fourth-order valence-electron chi connectivity index (χ4n) is 6.41. The SMILES string of the molecule is CCCCCCCCCCCCc1c(/C=C/c2sc3cc(N)sc3c2CCCCCCCCCCCC)sc2cc(N)sc12. The van der Waals surface area contributed by atoms with Gasteiger partial charge in [0.25, 0.3) is 0 Å². The smallest absolute Gasteiger partial charge is 0.0877 e. The first-order chi connectivity index (χ1) is 21.6. The Morgan fingerprint density at radius 3 is 1.11 bits per heavy atom. The quantitative estimate of drug-likeness (QED) is 0.0729. The van der Waals surface area contributed by atoms with Crippen molar-refractivity contribution in [1.82, 2.24) is 0 Å². The minimum Gasteiger partial charge on any atom is -0.391 e. The average molecular weight is 671 g/mol. The van der Waals surface area contributed by atoms with Crippen molar-refractivity contribution in [2.45, 2.75) is 155 Å². The molecule has 4 heterocycles. The Bertz CT molecular complexity index is 1280. The third-order valence-electron chi connectivity index (χ3n) is 8.96. The van der Waals surface area contributed by atoms with Crippen LogP contribution in [-0.4, -0.2) is 0 Å². The van der Waals surface area contributed by atoms with Crippen molar-refractivity contribution in [3.05, 3.63) is 33.0 Å². The topological polar surface area (TPSA) is 52.0 Å². The van der Waals surface area contributed by atoms with Crippen molar-refractivity contribution in [2.24, 2.45) is 0 Å². The van der Waals surface area contributed by atoms with Crippen molar-refractivity contribution >= 4 is 86.3 Å². The zero-order valence-corrected chi connectivity index (χ0v) is 30.9. The molecule has 0 spiro atoms. The van der Waals surface area contributed by atoms with Gasteiger partial charge in [0.15, 0.2) is 0 Å². The van der Waals surface area contributed by atoms with Crippen molar-refractivity contribution in [3.8, 4) is 0 Å². The predicted octanol–water partition coefficient (Wildman–Crippen LogP) is 14.5. The maximum Gasteiger partial charge on any atom is 0.0877 e. The fourth-order valence-corrected chi connectivity index (χ4v) is 11.2. The third-order valence-corrected chi connectivity index (χ3v) is 13.6. The third kappa shape index (κ3) is 11.2. The van der Waals surface area contributed by atoms with Crippen molar-refractivity contribution in [2.75, 3.05) is 11.5 Å². The number of fused-ring (bicyclic) bond motifs is 2. The highest BCUT2D eigenvalue weighted by Gasteiger charge is 2.16. The molecule has 0 aliphatic heterocycles. The zero-order valence-electron chi connectivity index (χ0n) is 27.7. The molecule has 0 amide bonds. The lowest BCUT2D eigenvalue weighted by molar-refractivity contribution is 0.556. The summed E-state index contributed by atoms with van der Waals surface area (Å²) in [6.07, 6.45) is 34.7. The van der Waals surface area contributed by atoms with Gasteiger partial charge in [0.1, 0.15) is 0 Å². The standard InChI is InChI=1S/C38H58N2S4/c1-3-5-7-9-11-13-15-17-19-21-23-29-31(41-33-27-35(39)43-37(29)33)25-26-32-30(38-34(42-32)28-36(40)44-38)24-22-20-18-16-14-12-10-8-6-4-2/h25-28H,3-24,39-40H2,1-2H3/b26-25+. The number of aryl methyl sites for hydroxylation is 2. The van der Waals surface area contributed by atoms with Gasteiger partial charge in [0.05, 0.1) is 19.4 Å². The van der Waals surface area contributed by atoms with Crippen LogP contribution in [0.2, 0.25) is 0 Å². The molecule has 0 unspecified atom stereocenters. The van der Waals surface area contributed by atoms with Gasteiger partial charge in [-0.15, -0.1) is 45.3 Å². The minimum atomic E-state index is 0.945. The molecule has 4 N–H and O–H groups in total. The lowest BCUT2D eigenvalue weighted by Crippen LogP contribution is -1.88. The molecular weight excluding hydrogens is 613 g/mol. The van der Waals surface area contributed by atoms with E-state index in [-0.39, 0.29) is 0 Å². The summed E-state index contributed by atoms with van der Waals surface area (Å²) in [4.78, 5) is 2.87. The summed E-state index contributed by atoms with van der Waals surface area (Å²) in [5, 5.41) is 1.89. The van der Waals surface area contributed by atoms with E-state index in [1.165, 1.54) is 168 Å². The largest absolute Gasteiger partial charge is 0.391 e. The van der Waals surface area contributed by atoms with Crippen LogP contribution in [0.25, 0.3) is 31.0 Å². The maximum atomic E-state index is 6.24. The van der Waals surface area contributed by atoms with E-state index in [1.807, 2.05) is 22.7 Å². The molecule has 44 heavy (non-hydrogen) atoms. The molecule has 0 radical (unpaired) electrons. The Balaban J connectivity index is 1.32. The van der Waals surface area contributed by atoms with Crippen LogP contribution in [0.3, 0.4) is 0 Å².